The van der Waals surface area contributed by atoms with Crippen molar-refractivity contribution < 1.29 is 13.7 Å². The number of amides is 1. The van der Waals surface area contributed by atoms with E-state index in [1.807, 2.05) is 12.1 Å². The van der Waals surface area contributed by atoms with Gasteiger partial charge >= 0.3 is 0 Å². The second kappa shape index (κ2) is 7.17. The molecule has 0 saturated carbocycles. The zero-order valence-corrected chi connectivity index (χ0v) is 16.0. The topological polar surface area (TPSA) is 73.2 Å². The molecule has 2 heterocycles. The number of methoxy groups -OCH3 is 1. The predicted molar refractivity (Wildman–Crippen MR) is 105 cm³/mol. The van der Waals surface area contributed by atoms with E-state index in [2.05, 4.69) is 10.4 Å². The molecule has 0 radical (unpaired) electrons. The van der Waals surface area contributed by atoms with E-state index in [9.17, 15) is 9.00 Å². The van der Waals surface area contributed by atoms with Crippen LogP contribution in [0, 0.1) is 0 Å². The van der Waals surface area contributed by atoms with Crippen LogP contribution in [0.5, 0.6) is 5.75 Å². The minimum atomic E-state index is -1.01. The lowest BCUT2D eigenvalue weighted by molar-refractivity contribution is 0.102. The first-order valence-corrected chi connectivity index (χ1v) is 10.1. The molecule has 0 spiro atoms. The van der Waals surface area contributed by atoms with Gasteiger partial charge in [-0.1, -0.05) is 23.7 Å². The summed E-state index contributed by atoms with van der Waals surface area (Å²) in [6.45, 7) is 0. The van der Waals surface area contributed by atoms with Crippen LogP contribution in [0.4, 0.5) is 5.82 Å². The van der Waals surface area contributed by atoms with E-state index in [1.165, 1.54) is 0 Å². The molecule has 1 unspecified atom stereocenters. The van der Waals surface area contributed by atoms with Gasteiger partial charge in [0, 0.05) is 26.9 Å². The zero-order valence-electron chi connectivity index (χ0n) is 14.4. The van der Waals surface area contributed by atoms with Crippen LogP contribution in [0.3, 0.4) is 0 Å². The number of benzene rings is 2. The van der Waals surface area contributed by atoms with Gasteiger partial charge in [0.1, 0.15) is 11.6 Å². The number of carbonyl (C=O) groups is 1. The molecule has 3 aromatic rings. The van der Waals surface area contributed by atoms with Crippen molar-refractivity contribution in [3.05, 3.63) is 70.4 Å². The Morgan fingerprint density at radius 3 is 2.81 bits per heavy atom. The van der Waals surface area contributed by atoms with Crippen LogP contribution in [0.2, 0.25) is 5.02 Å². The summed E-state index contributed by atoms with van der Waals surface area (Å²) in [5, 5.41) is 8.05. The minimum Gasteiger partial charge on any atom is -0.497 e. The van der Waals surface area contributed by atoms with Crippen molar-refractivity contribution in [3.63, 3.8) is 0 Å². The highest BCUT2D eigenvalue weighted by molar-refractivity contribution is 7.83. The number of aromatic nitrogens is 2. The molecule has 1 atom stereocenters. The van der Waals surface area contributed by atoms with Crippen LogP contribution in [0.15, 0.2) is 48.5 Å². The van der Waals surface area contributed by atoms with Crippen molar-refractivity contribution in [2.75, 3.05) is 12.4 Å². The Labute approximate surface area is 163 Å². The van der Waals surface area contributed by atoms with Crippen molar-refractivity contribution in [1.82, 2.24) is 9.78 Å². The first kappa shape index (κ1) is 17.8. The monoisotopic (exact) mass is 401 g/mol. The Kier molecular flexibility index (Phi) is 4.72. The van der Waals surface area contributed by atoms with Crippen molar-refractivity contribution >= 4 is 34.1 Å². The van der Waals surface area contributed by atoms with Gasteiger partial charge in [-0.3, -0.25) is 9.00 Å². The third kappa shape index (κ3) is 3.48. The summed E-state index contributed by atoms with van der Waals surface area (Å²) in [5.74, 6) is 1.56. The van der Waals surface area contributed by atoms with Gasteiger partial charge in [-0.25, -0.2) is 4.68 Å². The Bertz CT molecular complexity index is 1060. The van der Waals surface area contributed by atoms with Crippen LogP contribution in [0.1, 0.15) is 21.6 Å². The molecule has 0 saturated heterocycles. The second-order valence-electron chi connectivity index (χ2n) is 6.08. The summed E-state index contributed by atoms with van der Waals surface area (Å²) in [6, 6.07) is 14.1. The third-order valence-corrected chi connectivity index (χ3v) is 5.73. The highest BCUT2D eigenvalue weighted by Crippen LogP contribution is 2.32. The zero-order chi connectivity index (χ0) is 19.0. The van der Waals surface area contributed by atoms with E-state index in [-0.39, 0.29) is 5.91 Å². The lowest BCUT2D eigenvalue weighted by atomic mass is 10.2. The molecular weight excluding hydrogens is 386 g/mol. The summed E-state index contributed by atoms with van der Waals surface area (Å²) in [4.78, 5) is 12.8. The SMILES string of the molecule is COc1cccc(C(=O)Nc2c3c(nn2-c2cccc(Cl)c2)CS(=O)C3)c1. The van der Waals surface area contributed by atoms with E-state index in [0.29, 0.717) is 33.7 Å². The number of nitrogens with zero attached hydrogens (tertiary/aromatic N) is 2. The molecule has 1 aliphatic rings. The molecule has 0 fully saturated rings. The number of anilines is 1. The van der Waals surface area contributed by atoms with E-state index in [4.69, 9.17) is 16.3 Å². The summed E-state index contributed by atoms with van der Waals surface area (Å²) in [6.07, 6.45) is 0. The number of rotatable bonds is 4. The number of fused-ring (bicyclic) bond motifs is 1. The van der Waals surface area contributed by atoms with Crippen molar-refractivity contribution in [1.29, 1.82) is 0 Å². The predicted octanol–water partition coefficient (Wildman–Crippen LogP) is 3.55. The number of ether oxygens (including phenoxy) is 1. The molecule has 138 valence electrons. The molecule has 6 nitrogen and oxygen atoms in total. The van der Waals surface area contributed by atoms with Gasteiger partial charge < -0.3 is 10.1 Å². The van der Waals surface area contributed by atoms with E-state index in [1.54, 1.807) is 48.2 Å². The van der Waals surface area contributed by atoms with Gasteiger partial charge in [0.05, 0.1) is 30.0 Å². The maximum absolute atomic E-state index is 12.8. The lowest BCUT2D eigenvalue weighted by Gasteiger charge is -2.12. The Balaban J connectivity index is 1.75. The van der Waals surface area contributed by atoms with Crippen LogP contribution >= 0.6 is 11.6 Å². The highest BCUT2D eigenvalue weighted by atomic mass is 35.5. The number of carbonyl (C=O) groups excluding carboxylic acids is 1. The summed E-state index contributed by atoms with van der Waals surface area (Å²) < 4.78 is 18.8. The summed E-state index contributed by atoms with van der Waals surface area (Å²) in [5.41, 5.74) is 2.71. The smallest absolute Gasteiger partial charge is 0.256 e. The molecule has 0 aliphatic carbocycles. The van der Waals surface area contributed by atoms with E-state index in [0.717, 1.165) is 16.9 Å². The van der Waals surface area contributed by atoms with E-state index >= 15 is 0 Å². The van der Waals surface area contributed by atoms with E-state index < -0.39 is 10.8 Å². The van der Waals surface area contributed by atoms with Gasteiger partial charge in [-0.05, 0) is 36.4 Å². The van der Waals surface area contributed by atoms with Gasteiger partial charge in [-0.15, -0.1) is 0 Å². The maximum atomic E-state index is 12.8. The summed E-state index contributed by atoms with van der Waals surface area (Å²) in [7, 11) is 0.544. The maximum Gasteiger partial charge on any atom is 0.256 e. The van der Waals surface area contributed by atoms with Crippen molar-refractivity contribution in [2.24, 2.45) is 0 Å². The summed E-state index contributed by atoms with van der Waals surface area (Å²) >= 11 is 6.11. The number of hydrogen-bond acceptors (Lipinski definition) is 4. The molecule has 0 bridgehead atoms. The van der Waals surface area contributed by atoms with Crippen LogP contribution in [-0.4, -0.2) is 27.0 Å². The van der Waals surface area contributed by atoms with Gasteiger partial charge in [0.25, 0.3) is 5.91 Å². The molecule has 1 N–H and O–H groups in total. The van der Waals surface area contributed by atoms with Gasteiger partial charge in [0.2, 0.25) is 0 Å². The Hall–Kier alpha value is -2.64. The first-order valence-electron chi connectivity index (χ1n) is 8.22. The Morgan fingerprint density at radius 1 is 1.22 bits per heavy atom. The number of halogens is 1. The fraction of sp³-hybridized carbons (Fsp3) is 0.158. The minimum absolute atomic E-state index is 0.294. The van der Waals surface area contributed by atoms with Crippen LogP contribution in [0.25, 0.3) is 5.69 Å². The average Bonchev–Trinajstić information content (AvgIpc) is 3.19. The molecule has 1 aromatic heterocycles. The van der Waals surface area contributed by atoms with Gasteiger partial charge in [0.15, 0.2) is 0 Å². The molecule has 4 rings (SSSR count). The molecule has 1 aliphatic heterocycles. The first-order chi connectivity index (χ1) is 13.0. The lowest BCUT2D eigenvalue weighted by Crippen LogP contribution is -2.16. The normalized spacial score (nSPS) is 15.4. The molecule has 2 aromatic carbocycles. The van der Waals surface area contributed by atoms with Crippen LogP contribution in [-0.2, 0) is 22.3 Å². The van der Waals surface area contributed by atoms with Gasteiger partial charge in [-0.2, -0.15) is 5.10 Å². The standard InChI is InChI=1S/C19H16ClN3O3S/c1-26-15-7-2-4-12(8-15)19(24)21-18-16-10-27(25)11-17(16)22-23(18)14-6-3-5-13(20)9-14/h2-9H,10-11H2,1H3,(H,21,24). The van der Waals surface area contributed by atoms with Crippen LogP contribution < -0.4 is 10.1 Å². The molecular formula is C19H16ClN3O3S. The molecule has 8 heteroatoms. The largest absolute Gasteiger partial charge is 0.497 e. The van der Waals surface area contributed by atoms with Crippen molar-refractivity contribution in [2.45, 2.75) is 11.5 Å². The average molecular weight is 402 g/mol. The number of hydrogen-bond donors (Lipinski definition) is 1. The highest BCUT2D eigenvalue weighted by Gasteiger charge is 2.28. The number of nitrogens with one attached hydrogen (secondary N) is 1. The fourth-order valence-electron chi connectivity index (χ4n) is 2.99. The fourth-order valence-corrected chi connectivity index (χ4v) is 4.44. The second-order valence-corrected chi connectivity index (χ2v) is 7.97. The molecule has 1 amide bonds. The Morgan fingerprint density at radius 2 is 2.04 bits per heavy atom. The third-order valence-electron chi connectivity index (χ3n) is 4.29. The van der Waals surface area contributed by atoms with Crippen molar-refractivity contribution in [3.8, 4) is 11.4 Å². The quantitative estimate of drug-likeness (QED) is 0.725. The molecule has 27 heavy (non-hydrogen) atoms.